The maximum absolute atomic E-state index is 13.0. The molecule has 0 fully saturated rings. The zero-order chi connectivity index (χ0) is 12.8. The summed E-state index contributed by atoms with van der Waals surface area (Å²) in [5.74, 6) is -1.75. The summed E-state index contributed by atoms with van der Waals surface area (Å²) in [5.41, 5.74) is 0.543. The van der Waals surface area contributed by atoms with Crippen LogP contribution in [0.3, 0.4) is 0 Å². The monoisotopic (exact) mass is 241 g/mol. The van der Waals surface area contributed by atoms with Gasteiger partial charge in [0, 0.05) is 25.3 Å². The smallest absolute Gasteiger partial charge is 0.160 e. The Kier molecular flexibility index (Phi) is 5.10. The normalized spacial score (nSPS) is 12.2. The molecule has 0 heterocycles. The molecule has 1 aromatic rings. The van der Waals surface area contributed by atoms with Gasteiger partial charge in [0.15, 0.2) is 11.6 Å². The highest BCUT2D eigenvalue weighted by molar-refractivity contribution is 5.45. The van der Waals surface area contributed by atoms with Crippen molar-refractivity contribution in [2.75, 3.05) is 18.5 Å². The Labute approximate surface area is 100 Å². The average Bonchev–Trinajstić information content (AvgIpc) is 2.30. The molecule has 0 aliphatic carbocycles. The lowest BCUT2D eigenvalue weighted by atomic mass is 10.2. The molecule has 1 atom stereocenters. The van der Waals surface area contributed by atoms with Crippen molar-refractivity contribution in [2.45, 2.75) is 18.9 Å². The van der Waals surface area contributed by atoms with Gasteiger partial charge in [-0.25, -0.2) is 8.78 Å². The number of anilines is 1. The summed E-state index contributed by atoms with van der Waals surface area (Å²) >= 11 is 0. The average molecular weight is 241 g/mol. The zero-order valence-electron chi connectivity index (χ0n) is 9.87. The van der Waals surface area contributed by atoms with Gasteiger partial charge < -0.3 is 10.0 Å². The Bertz CT molecular complexity index is 382. The number of aliphatic hydroxyl groups is 1. The van der Waals surface area contributed by atoms with Crippen molar-refractivity contribution in [1.82, 2.24) is 0 Å². The van der Waals surface area contributed by atoms with Crippen LogP contribution in [0, 0.1) is 11.6 Å². The molecular weight excluding hydrogens is 224 g/mol. The Hall–Kier alpha value is -1.42. The largest absolute Gasteiger partial charge is 0.391 e. The van der Waals surface area contributed by atoms with Crippen molar-refractivity contribution >= 4 is 5.69 Å². The fraction of sp³-hybridized carbons (Fsp3) is 0.385. The van der Waals surface area contributed by atoms with Gasteiger partial charge in [-0.2, -0.15) is 0 Å². The first-order chi connectivity index (χ1) is 8.04. The minimum Gasteiger partial charge on any atom is -0.391 e. The molecule has 0 saturated carbocycles. The van der Waals surface area contributed by atoms with Crippen molar-refractivity contribution in [1.29, 1.82) is 0 Å². The number of hydrogen-bond donors (Lipinski definition) is 1. The summed E-state index contributed by atoms with van der Waals surface area (Å²) < 4.78 is 25.7. The van der Waals surface area contributed by atoms with Crippen LogP contribution in [0.2, 0.25) is 0 Å². The van der Waals surface area contributed by atoms with E-state index in [1.807, 2.05) is 0 Å². The van der Waals surface area contributed by atoms with Crippen molar-refractivity contribution < 1.29 is 13.9 Å². The first-order valence-electron chi connectivity index (χ1n) is 5.49. The van der Waals surface area contributed by atoms with Gasteiger partial charge in [0.05, 0.1) is 6.10 Å². The molecule has 2 nitrogen and oxygen atoms in total. The maximum Gasteiger partial charge on any atom is 0.160 e. The predicted octanol–water partition coefficient (Wildman–Crippen LogP) is 2.73. The highest BCUT2D eigenvalue weighted by atomic mass is 19.2. The molecule has 1 unspecified atom stereocenters. The summed E-state index contributed by atoms with van der Waals surface area (Å²) in [6.45, 7) is 3.95. The fourth-order valence-corrected chi connectivity index (χ4v) is 1.55. The van der Waals surface area contributed by atoms with Crippen LogP contribution in [-0.2, 0) is 0 Å². The van der Waals surface area contributed by atoms with Crippen LogP contribution < -0.4 is 4.90 Å². The lowest BCUT2D eigenvalue weighted by Gasteiger charge is -2.22. The van der Waals surface area contributed by atoms with Gasteiger partial charge >= 0.3 is 0 Å². The van der Waals surface area contributed by atoms with Gasteiger partial charge in [-0.05, 0) is 25.0 Å². The van der Waals surface area contributed by atoms with E-state index in [1.165, 1.54) is 6.07 Å². The van der Waals surface area contributed by atoms with E-state index in [9.17, 15) is 13.9 Å². The van der Waals surface area contributed by atoms with Crippen molar-refractivity contribution in [2.24, 2.45) is 0 Å². The third-order valence-electron chi connectivity index (χ3n) is 2.53. The second-order valence-corrected chi connectivity index (χ2v) is 4.00. The fourth-order valence-electron chi connectivity index (χ4n) is 1.55. The molecule has 0 amide bonds. The van der Waals surface area contributed by atoms with Crippen LogP contribution >= 0.6 is 0 Å². The van der Waals surface area contributed by atoms with Gasteiger partial charge in [-0.1, -0.05) is 6.08 Å². The third kappa shape index (κ3) is 4.15. The van der Waals surface area contributed by atoms with Crippen LogP contribution in [0.5, 0.6) is 0 Å². The molecule has 0 saturated heterocycles. The lowest BCUT2D eigenvalue weighted by Crippen LogP contribution is -2.28. The van der Waals surface area contributed by atoms with Crippen molar-refractivity contribution in [3.05, 3.63) is 42.5 Å². The van der Waals surface area contributed by atoms with E-state index in [0.717, 1.165) is 18.6 Å². The predicted molar refractivity (Wildman–Crippen MR) is 65.1 cm³/mol. The van der Waals surface area contributed by atoms with E-state index >= 15 is 0 Å². The number of halogens is 2. The molecular formula is C13H17F2NO. The first-order valence-corrected chi connectivity index (χ1v) is 5.49. The molecule has 17 heavy (non-hydrogen) atoms. The SMILES string of the molecule is C=CCCC(O)CN(C)c1ccc(F)c(F)c1. The van der Waals surface area contributed by atoms with Crippen LogP contribution in [0.1, 0.15) is 12.8 Å². The summed E-state index contributed by atoms with van der Waals surface area (Å²) in [5, 5.41) is 9.68. The second kappa shape index (κ2) is 6.35. The molecule has 94 valence electrons. The van der Waals surface area contributed by atoms with Crippen LogP contribution in [-0.4, -0.2) is 24.8 Å². The molecule has 0 radical (unpaired) electrons. The number of likely N-dealkylation sites (N-methyl/N-ethyl adjacent to an activating group) is 1. The van der Waals surface area contributed by atoms with Gasteiger partial charge in [-0.15, -0.1) is 6.58 Å². The van der Waals surface area contributed by atoms with E-state index in [0.29, 0.717) is 18.7 Å². The number of hydrogen-bond acceptors (Lipinski definition) is 2. The van der Waals surface area contributed by atoms with E-state index in [2.05, 4.69) is 6.58 Å². The van der Waals surface area contributed by atoms with Crippen molar-refractivity contribution in [3.8, 4) is 0 Å². The van der Waals surface area contributed by atoms with Crippen molar-refractivity contribution in [3.63, 3.8) is 0 Å². The third-order valence-corrected chi connectivity index (χ3v) is 2.53. The number of rotatable bonds is 6. The van der Waals surface area contributed by atoms with E-state index in [-0.39, 0.29) is 0 Å². The van der Waals surface area contributed by atoms with E-state index in [1.54, 1.807) is 18.0 Å². The summed E-state index contributed by atoms with van der Waals surface area (Å²) in [6.07, 6.45) is 2.57. The second-order valence-electron chi connectivity index (χ2n) is 4.00. The topological polar surface area (TPSA) is 23.5 Å². The quantitative estimate of drug-likeness (QED) is 0.774. The van der Waals surface area contributed by atoms with Crippen LogP contribution in [0.15, 0.2) is 30.9 Å². The molecule has 0 aromatic heterocycles. The number of benzene rings is 1. The van der Waals surface area contributed by atoms with Crippen LogP contribution in [0.25, 0.3) is 0 Å². The molecule has 0 aliphatic heterocycles. The molecule has 0 bridgehead atoms. The highest BCUT2D eigenvalue weighted by Gasteiger charge is 2.10. The van der Waals surface area contributed by atoms with Gasteiger partial charge in [0.2, 0.25) is 0 Å². The van der Waals surface area contributed by atoms with Gasteiger partial charge in [0.25, 0.3) is 0 Å². The number of nitrogens with zero attached hydrogens (tertiary/aromatic N) is 1. The molecule has 1 rings (SSSR count). The Morgan fingerprint density at radius 2 is 2.12 bits per heavy atom. The molecule has 4 heteroatoms. The summed E-state index contributed by atoms with van der Waals surface area (Å²) in [6, 6.07) is 3.69. The summed E-state index contributed by atoms with van der Waals surface area (Å²) in [4.78, 5) is 1.69. The zero-order valence-corrected chi connectivity index (χ0v) is 9.87. The van der Waals surface area contributed by atoms with E-state index in [4.69, 9.17) is 0 Å². The lowest BCUT2D eigenvalue weighted by molar-refractivity contribution is 0.172. The standard InChI is InChI=1S/C13H17F2NO/c1-3-4-5-11(17)9-16(2)10-6-7-12(14)13(15)8-10/h3,6-8,11,17H,1,4-5,9H2,2H3. The number of allylic oxidation sites excluding steroid dienone is 1. The molecule has 0 aliphatic rings. The van der Waals surface area contributed by atoms with Gasteiger partial charge in [-0.3, -0.25) is 0 Å². The van der Waals surface area contributed by atoms with Gasteiger partial charge in [0.1, 0.15) is 0 Å². The minimum absolute atomic E-state index is 0.374. The summed E-state index contributed by atoms with van der Waals surface area (Å²) in [7, 11) is 1.73. The molecule has 1 N–H and O–H groups in total. The number of aliphatic hydroxyl groups excluding tert-OH is 1. The Morgan fingerprint density at radius 1 is 1.41 bits per heavy atom. The maximum atomic E-state index is 13.0. The first kappa shape index (κ1) is 13.6. The molecule has 0 spiro atoms. The Morgan fingerprint density at radius 3 is 2.71 bits per heavy atom. The van der Waals surface area contributed by atoms with E-state index < -0.39 is 17.7 Å². The highest BCUT2D eigenvalue weighted by Crippen LogP contribution is 2.17. The minimum atomic E-state index is -0.880. The Balaban J connectivity index is 2.59. The molecule has 1 aromatic carbocycles. The van der Waals surface area contributed by atoms with Crippen LogP contribution in [0.4, 0.5) is 14.5 Å².